The number of ketones is 1. The van der Waals surface area contributed by atoms with Crippen molar-refractivity contribution in [1.29, 1.82) is 0 Å². The van der Waals surface area contributed by atoms with Crippen molar-refractivity contribution < 1.29 is 24.5 Å². The molecule has 0 bridgehead atoms. The van der Waals surface area contributed by atoms with Crippen molar-refractivity contribution >= 4 is 17.5 Å². The van der Waals surface area contributed by atoms with Gasteiger partial charge in [-0.25, -0.2) is 0 Å². The normalized spacial score (nSPS) is 22.4. The molecule has 2 heterocycles. The first-order valence-electron chi connectivity index (χ1n) is 9.77. The molecule has 0 aromatic heterocycles. The second-order valence-corrected chi connectivity index (χ2v) is 7.82. The molecular weight excluding hydrogens is 372 g/mol. The smallest absolute Gasteiger partial charge is 0.270 e. The number of nitro benzene ring substituents is 1. The third-order valence-corrected chi connectivity index (χ3v) is 5.68. The number of hydrogen-bond donors (Lipinski definition) is 1. The molecule has 1 fully saturated rings. The highest BCUT2D eigenvalue weighted by molar-refractivity contribution is 6.15. The molecular formula is C22H22N2O5. The van der Waals surface area contributed by atoms with Gasteiger partial charge in [0, 0.05) is 17.7 Å². The average Bonchev–Trinajstić information content (AvgIpc) is 3.01. The van der Waals surface area contributed by atoms with Crippen LogP contribution >= 0.6 is 0 Å². The molecule has 7 heteroatoms. The molecule has 4 rings (SSSR count). The number of carbonyl (C=O) groups excluding carboxylic acids is 1. The van der Waals surface area contributed by atoms with Crippen LogP contribution in [0.15, 0.2) is 42.2 Å². The van der Waals surface area contributed by atoms with Crippen molar-refractivity contribution in [2.75, 3.05) is 13.1 Å². The van der Waals surface area contributed by atoms with Gasteiger partial charge in [-0.2, -0.15) is 0 Å². The van der Waals surface area contributed by atoms with Crippen LogP contribution < -0.4 is 14.7 Å². The number of rotatable bonds is 4. The molecule has 2 aromatic rings. The van der Waals surface area contributed by atoms with Gasteiger partial charge in [0.2, 0.25) is 5.78 Å². The van der Waals surface area contributed by atoms with Crippen molar-refractivity contribution in [2.45, 2.75) is 26.3 Å². The van der Waals surface area contributed by atoms with E-state index in [1.807, 2.05) is 0 Å². The van der Waals surface area contributed by atoms with Crippen LogP contribution in [0.2, 0.25) is 0 Å². The minimum Gasteiger partial charge on any atom is -0.872 e. The van der Waals surface area contributed by atoms with Crippen LogP contribution in [-0.4, -0.2) is 23.8 Å². The number of allylic oxidation sites excluding steroid dienone is 1. The first-order valence-corrected chi connectivity index (χ1v) is 9.77. The lowest BCUT2D eigenvalue weighted by Crippen LogP contribution is -3.11. The van der Waals surface area contributed by atoms with Gasteiger partial charge in [0.1, 0.15) is 12.3 Å². The maximum absolute atomic E-state index is 12.8. The van der Waals surface area contributed by atoms with E-state index in [4.69, 9.17) is 4.74 Å². The summed E-state index contributed by atoms with van der Waals surface area (Å²) in [6.45, 7) is 4.76. The van der Waals surface area contributed by atoms with E-state index < -0.39 is 4.92 Å². The standard InChI is InChI=1S/C22H22N2O5/c1-14-7-9-23(10-8-14)13-18-19(25)6-5-17-21(26)20(29-22(17)18)12-15-3-2-4-16(11-15)24(27)28/h2-6,11-12,14,25H,7-10,13H2,1H3. The molecule has 0 saturated carbocycles. The zero-order chi connectivity index (χ0) is 20.5. The van der Waals surface area contributed by atoms with Gasteiger partial charge in [-0.3, -0.25) is 14.9 Å². The van der Waals surface area contributed by atoms with Gasteiger partial charge in [0.05, 0.1) is 23.6 Å². The summed E-state index contributed by atoms with van der Waals surface area (Å²) in [5.41, 5.74) is 1.34. The number of hydrogen-bond acceptors (Lipinski definition) is 5. The van der Waals surface area contributed by atoms with Crippen LogP contribution in [0.3, 0.4) is 0 Å². The SMILES string of the molecule is CC1CC[NH+](Cc2c([O-])ccc3c2OC(=Cc2cccc([N+](=O)[O-])c2)C3=O)CC1. The van der Waals surface area contributed by atoms with Crippen LogP contribution in [0.5, 0.6) is 11.5 Å². The number of likely N-dealkylation sites (tertiary alicyclic amines) is 1. The quantitative estimate of drug-likeness (QED) is 0.487. The molecule has 2 aliphatic rings. The Labute approximate surface area is 168 Å². The van der Waals surface area contributed by atoms with E-state index in [2.05, 4.69) is 6.92 Å². The van der Waals surface area contributed by atoms with Crippen molar-refractivity contribution in [3.8, 4) is 11.5 Å². The molecule has 0 spiro atoms. The first-order chi connectivity index (χ1) is 13.9. The van der Waals surface area contributed by atoms with Gasteiger partial charge in [-0.1, -0.05) is 30.9 Å². The summed E-state index contributed by atoms with van der Waals surface area (Å²) in [5, 5.41) is 23.5. The fraction of sp³-hybridized carbons (Fsp3) is 0.318. The topological polar surface area (TPSA) is 96.9 Å². The zero-order valence-electron chi connectivity index (χ0n) is 16.1. The van der Waals surface area contributed by atoms with E-state index in [1.54, 1.807) is 12.1 Å². The van der Waals surface area contributed by atoms with Crippen molar-refractivity contribution in [3.63, 3.8) is 0 Å². The van der Waals surface area contributed by atoms with Crippen molar-refractivity contribution in [1.82, 2.24) is 0 Å². The molecule has 0 unspecified atom stereocenters. The lowest BCUT2D eigenvalue weighted by atomic mass is 9.98. The number of quaternary nitrogens is 1. The first kappa shape index (κ1) is 19.1. The number of ether oxygens (including phenoxy) is 1. The molecule has 29 heavy (non-hydrogen) atoms. The Bertz CT molecular complexity index is 1010. The Balaban J connectivity index is 1.62. The number of benzene rings is 2. The van der Waals surface area contributed by atoms with E-state index >= 15 is 0 Å². The van der Waals surface area contributed by atoms with E-state index in [9.17, 15) is 20.0 Å². The number of nitrogens with zero attached hydrogens (tertiary/aromatic N) is 1. The van der Waals surface area contributed by atoms with Crippen molar-refractivity contribution in [3.05, 3.63) is 69.0 Å². The fourth-order valence-electron chi connectivity index (χ4n) is 3.93. The summed E-state index contributed by atoms with van der Waals surface area (Å²) in [6.07, 6.45) is 3.73. The van der Waals surface area contributed by atoms with Crippen LogP contribution in [0.1, 0.15) is 41.3 Å². The van der Waals surface area contributed by atoms with Gasteiger partial charge in [0.25, 0.3) is 5.69 Å². The minimum atomic E-state index is -0.488. The molecule has 0 atom stereocenters. The van der Waals surface area contributed by atoms with Crippen LogP contribution in [0, 0.1) is 16.0 Å². The Morgan fingerprint density at radius 2 is 2.00 bits per heavy atom. The minimum absolute atomic E-state index is 0.0622. The third kappa shape index (κ3) is 3.86. The molecule has 2 aromatic carbocycles. The van der Waals surface area contributed by atoms with E-state index in [1.165, 1.54) is 35.2 Å². The lowest BCUT2D eigenvalue weighted by Gasteiger charge is -2.29. The predicted molar refractivity (Wildman–Crippen MR) is 105 cm³/mol. The Kier molecular flexibility index (Phi) is 5.07. The molecule has 150 valence electrons. The maximum atomic E-state index is 12.8. The number of nitro groups is 1. The van der Waals surface area contributed by atoms with Gasteiger partial charge in [-0.15, -0.1) is 0 Å². The summed E-state index contributed by atoms with van der Waals surface area (Å²) >= 11 is 0. The van der Waals surface area contributed by atoms with Gasteiger partial charge < -0.3 is 14.7 Å². The summed E-state index contributed by atoms with van der Waals surface area (Å²) in [5.74, 6) is 0.684. The van der Waals surface area contributed by atoms with Crippen LogP contribution in [-0.2, 0) is 6.54 Å². The summed E-state index contributed by atoms with van der Waals surface area (Å²) < 4.78 is 5.83. The largest absolute Gasteiger partial charge is 0.872 e. The number of Topliss-reactive ketones (excluding diaryl/α,β-unsaturated/α-hetero) is 1. The highest BCUT2D eigenvalue weighted by Crippen LogP contribution is 2.38. The highest BCUT2D eigenvalue weighted by Gasteiger charge is 2.31. The van der Waals surface area contributed by atoms with Gasteiger partial charge >= 0.3 is 0 Å². The highest BCUT2D eigenvalue weighted by atomic mass is 16.6. The van der Waals surface area contributed by atoms with E-state index in [-0.39, 0.29) is 23.0 Å². The zero-order valence-corrected chi connectivity index (χ0v) is 16.1. The summed E-state index contributed by atoms with van der Waals surface area (Å²) in [4.78, 5) is 24.6. The molecule has 7 nitrogen and oxygen atoms in total. The molecule has 1 N–H and O–H groups in total. The third-order valence-electron chi connectivity index (χ3n) is 5.68. The van der Waals surface area contributed by atoms with E-state index in [0.29, 0.717) is 34.9 Å². The predicted octanol–water partition coefficient (Wildman–Crippen LogP) is 2.10. The summed E-state index contributed by atoms with van der Waals surface area (Å²) in [6, 6.07) is 8.92. The molecule has 0 amide bonds. The van der Waals surface area contributed by atoms with Crippen molar-refractivity contribution in [2.24, 2.45) is 5.92 Å². The second-order valence-electron chi connectivity index (χ2n) is 7.82. The molecule has 0 aliphatic carbocycles. The average molecular weight is 394 g/mol. The van der Waals surface area contributed by atoms with Gasteiger partial charge in [-0.05, 0) is 36.5 Å². The number of piperidine rings is 1. The number of fused-ring (bicyclic) bond motifs is 1. The van der Waals surface area contributed by atoms with Crippen LogP contribution in [0.4, 0.5) is 5.69 Å². The Hall–Kier alpha value is -3.19. The van der Waals surface area contributed by atoms with Crippen LogP contribution in [0.25, 0.3) is 6.08 Å². The summed E-state index contributed by atoms with van der Waals surface area (Å²) in [7, 11) is 0. The molecule has 2 aliphatic heterocycles. The van der Waals surface area contributed by atoms with E-state index in [0.717, 1.165) is 25.9 Å². The second kappa shape index (κ2) is 7.67. The molecule has 1 saturated heterocycles. The number of non-ortho nitro benzene ring substituents is 1. The molecule has 0 radical (unpaired) electrons. The fourth-order valence-corrected chi connectivity index (χ4v) is 3.93. The Morgan fingerprint density at radius 3 is 2.72 bits per heavy atom. The Morgan fingerprint density at radius 1 is 1.24 bits per heavy atom. The lowest BCUT2D eigenvalue weighted by molar-refractivity contribution is -0.919. The monoisotopic (exact) mass is 394 g/mol. The maximum Gasteiger partial charge on any atom is 0.270 e. The van der Waals surface area contributed by atoms with Gasteiger partial charge in [0.15, 0.2) is 5.76 Å². The number of nitrogens with one attached hydrogen (secondary N) is 1. The number of carbonyl (C=O) groups is 1.